The van der Waals surface area contributed by atoms with Crippen LogP contribution in [-0.4, -0.2) is 23.9 Å². The van der Waals surface area contributed by atoms with Gasteiger partial charge in [0.25, 0.3) is 0 Å². The average Bonchev–Trinajstić information content (AvgIpc) is 2.97. The zero-order chi connectivity index (χ0) is 16.2. The van der Waals surface area contributed by atoms with Gasteiger partial charge in [-0.1, -0.05) is 34.2 Å². The molecule has 1 aromatic rings. The molecule has 2 spiro atoms. The maximum Gasteiger partial charge on any atom is 0.162 e. The first-order chi connectivity index (χ1) is 11.0. The zero-order valence-corrected chi connectivity index (χ0v) is 15.9. The van der Waals surface area contributed by atoms with Gasteiger partial charge in [-0.2, -0.15) is 0 Å². The monoisotopic (exact) mass is 392 g/mol. The first-order valence-corrected chi connectivity index (χ1v) is 9.40. The number of nitrogens with one attached hydrogen (secondary N) is 1. The Hall–Kier alpha value is -0.780. The van der Waals surface area contributed by atoms with Gasteiger partial charge in [-0.15, -0.1) is 0 Å². The first-order valence-electron chi connectivity index (χ1n) is 8.20. The lowest BCUT2D eigenvalue weighted by Gasteiger charge is -2.46. The van der Waals surface area contributed by atoms with Crippen molar-refractivity contribution in [3.05, 3.63) is 33.8 Å². The number of nitrogens with zero attached hydrogens (tertiary/aromatic N) is 1. The molecule has 1 atom stereocenters. The Morgan fingerprint density at radius 2 is 2.09 bits per heavy atom. The summed E-state index contributed by atoms with van der Waals surface area (Å²) in [4.78, 5) is 5.91. The molecule has 3 aliphatic rings. The van der Waals surface area contributed by atoms with Gasteiger partial charge in [-0.25, -0.2) is 0 Å². The number of aliphatic imine (C=N–C) groups is 1. The standard InChI is InChI=1S/C18H21BrN2OS/c1-11-16(23)21-18(20-11)15-9-13(19)4-3-12(15)10-17(18)7-5-14(22-2)6-8-17/h3-4,9,14H,5-8,10H2,1-2H3,(H,21,23). The third kappa shape index (κ3) is 2.16. The molecule has 23 heavy (non-hydrogen) atoms. The normalized spacial score (nSPS) is 35.5. The van der Waals surface area contributed by atoms with Crippen LogP contribution in [0.15, 0.2) is 27.7 Å². The molecule has 4 rings (SSSR count). The van der Waals surface area contributed by atoms with E-state index >= 15 is 0 Å². The van der Waals surface area contributed by atoms with E-state index in [1.165, 1.54) is 11.1 Å². The highest BCUT2D eigenvalue weighted by Gasteiger charge is 2.61. The van der Waals surface area contributed by atoms with E-state index < -0.39 is 0 Å². The van der Waals surface area contributed by atoms with Gasteiger partial charge in [0.2, 0.25) is 0 Å². The summed E-state index contributed by atoms with van der Waals surface area (Å²) in [6, 6.07) is 6.60. The second-order valence-electron chi connectivity index (χ2n) is 7.06. The Morgan fingerprint density at radius 1 is 1.35 bits per heavy atom. The van der Waals surface area contributed by atoms with Crippen LogP contribution in [0.25, 0.3) is 0 Å². The van der Waals surface area contributed by atoms with E-state index in [0.29, 0.717) is 6.10 Å². The fourth-order valence-electron chi connectivity index (χ4n) is 4.70. The molecule has 0 aromatic heterocycles. The predicted molar refractivity (Wildman–Crippen MR) is 100 cm³/mol. The van der Waals surface area contributed by atoms with Crippen LogP contribution in [0.5, 0.6) is 0 Å². The van der Waals surface area contributed by atoms with E-state index in [4.69, 9.17) is 21.9 Å². The van der Waals surface area contributed by atoms with E-state index in [9.17, 15) is 0 Å². The van der Waals surface area contributed by atoms with Crippen molar-refractivity contribution in [2.24, 2.45) is 10.4 Å². The van der Waals surface area contributed by atoms with Gasteiger partial charge in [-0.05, 0) is 56.7 Å². The van der Waals surface area contributed by atoms with Gasteiger partial charge >= 0.3 is 0 Å². The van der Waals surface area contributed by atoms with E-state index in [1.807, 2.05) is 14.0 Å². The summed E-state index contributed by atoms with van der Waals surface area (Å²) >= 11 is 9.16. The summed E-state index contributed by atoms with van der Waals surface area (Å²) in [6.07, 6.45) is 5.87. The van der Waals surface area contributed by atoms with Crippen molar-refractivity contribution in [3.8, 4) is 0 Å². The molecule has 1 aliphatic heterocycles. The SMILES string of the molecule is COC1CCC2(CC1)Cc1ccc(Br)cc1C21N=C(C)C(=S)N1. The number of fused-ring (bicyclic) bond motifs is 3. The minimum absolute atomic E-state index is 0.104. The van der Waals surface area contributed by atoms with Crippen LogP contribution in [0.2, 0.25) is 0 Å². The summed E-state index contributed by atoms with van der Waals surface area (Å²) in [7, 11) is 1.82. The Morgan fingerprint density at radius 3 is 2.70 bits per heavy atom. The number of halogens is 1. The largest absolute Gasteiger partial charge is 0.381 e. The Bertz CT molecular complexity index is 709. The summed E-state index contributed by atoms with van der Waals surface area (Å²) in [6.45, 7) is 2.02. The lowest BCUT2D eigenvalue weighted by Crippen LogP contribution is -2.52. The molecule has 1 saturated carbocycles. The molecule has 0 saturated heterocycles. The van der Waals surface area contributed by atoms with Crippen LogP contribution in [0.4, 0.5) is 0 Å². The highest BCUT2D eigenvalue weighted by Crippen LogP contribution is 2.59. The molecular weight excluding hydrogens is 372 g/mol. The highest BCUT2D eigenvalue weighted by atomic mass is 79.9. The fraction of sp³-hybridized carbons (Fsp3) is 0.556. The molecule has 3 nitrogen and oxygen atoms in total. The van der Waals surface area contributed by atoms with E-state index in [0.717, 1.165) is 47.3 Å². The maximum atomic E-state index is 5.59. The number of rotatable bonds is 1. The van der Waals surface area contributed by atoms with E-state index in [1.54, 1.807) is 0 Å². The van der Waals surface area contributed by atoms with Crippen molar-refractivity contribution in [1.29, 1.82) is 0 Å². The van der Waals surface area contributed by atoms with E-state index in [2.05, 4.69) is 39.4 Å². The maximum absolute atomic E-state index is 5.59. The molecule has 5 heteroatoms. The molecule has 1 aromatic carbocycles. The summed E-state index contributed by atoms with van der Waals surface area (Å²) in [5.41, 5.74) is 3.37. The summed E-state index contributed by atoms with van der Waals surface area (Å²) < 4.78 is 6.70. The molecule has 122 valence electrons. The van der Waals surface area contributed by atoms with Gasteiger partial charge in [0.15, 0.2) is 5.66 Å². The molecule has 1 heterocycles. The van der Waals surface area contributed by atoms with Crippen LogP contribution in [0.1, 0.15) is 43.7 Å². The van der Waals surface area contributed by atoms with Crippen LogP contribution in [0.3, 0.4) is 0 Å². The molecule has 1 fully saturated rings. The van der Waals surface area contributed by atoms with Crippen LogP contribution in [0, 0.1) is 5.41 Å². The summed E-state index contributed by atoms with van der Waals surface area (Å²) in [5.74, 6) is 0. The van der Waals surface area contributed by atoms with Crippen LogP contribution in [-0.2, 0) is 16.8 Å². The number of ether oxygens (including phenoxy) is 1. The summed E-state index contributed by atoms with van der Waals surface area (Å²) in [5, 5.41) is 3.62. The lowest BCUT2D eigenvalue weighted by molar-refractivity contribution is -0.00614. The first kappa shape index (κ1) is 15.7. The topological polar surface area (TPSA) is 33.6 Å². The van der Waals surface area contributed by atoms with Gasteiger partial charge < -0.3 is 10.1 Å². The van der Waals surface area contributed by atoms with Crippen molar-refractivity contribution in [1.82, 2.24) is 5.32 Å². The quantitative estimate of drug-likeness (QED) is 0.729. The van der Waals surface area contributed by atoms with Gasteiger partial charge in [0, 0.05) is 22.6 Å². The third-order valence-electron chi connectivity index (χ3n) is 5.94. The minimum atomic E-state index is -0.383. The zero-order valence-electron chi connectivity index (χ0n) is 13.5. The average molecular weight is 393 g/mol. The molecule has 0 bridgehead atoms. The Labute approximate surface area is 151 Å². The number of thiocarbonyl (C=S) groups is 1. The smallest absolute Gasteiger partial charge is 0.162 e. The van der Waals surface area contributed by atoms with Crippen molar-refractivity contribution in [2.45, 2.75) is 50.8 Å². The van der Waals surface area contributed by atoms with Gasteiger partial charge in [0.1, 0.15) is 4.99 Å². The van der Waals surface area contributed by atoms with Gasteiger partial charge in [-0.3, -0.25) is 4.99 Å². The molecule has 1 unspecified atom stereocenters. The van der Waals surface area contributed by atoms with Crippen LogP contribution < -0.4 is 5.32 Å². The third-order valence-corrected chi connectivity index (χ3v) is 6.83. The molecule has 1 N–H and O–H groups in total. The van der Waals surface area contributed by atoms with Gasteiger partial charge in [0.05, 0.1) is 11.8 Å². The Kier molecular flexibility index (Phi) is 3.67. The van der Waals surface area contributed by atoms with Crippen molar-refractivity contribution < 1.29 is 4.74 Å². The molecule has 0 amide bonds. The lowest BCUT2D eigenvalue weighted by atomic mass is 9.65. The predicted octanol–water partition coefficient (Wildman–Crippen LogP) is 4.12. The van der Waals surface area contributed by atoms with E-state index in [-0.39, 0.29) is 11.1 Å². The number of hydrogen-bond donors (Lipinski definition) is 1. The molecule has 0 radical (unpaired) electrons. The molecular formula is C18H21BrN2OS. The van der Waals surface area contributed by atoms with Crippen molar-refractivity contribution in [3.63, 3.8) is 0 Å². The van der Waals surface area contributed by atoms with Crippen LogP contribution >= 0.6 is 28.1 Å². The second-order valence-corrected chi connectivity index (χ2v) is 8.38. The second kappa shape index (κ2) is 5.36. The fourth-order valence-corrected chi connectivity index (χ4v) is 5.25. The Balaban J connectivity index is 1.84. The number of methoxy groups -OCH3 is 1. The minimum Gasteiger partial charge on any atom is -0.381 e. The van der Waals surface area contributed by atoms with Crippen molar-refractivity contribution >= 4 is 38.8 Å². The molecule has 2 aliphatic carbocycles. The number of hydrogen-bond acceptors (Lipinski definition) is 3. The number of benzene rings is 1. The highest BCUT2D eigenvalue weighted by molar-refractivity contribution is 9.10. The van der Waals surface area contributed by atoms with Crippen molar-refractivity contribution in [2.75, 3.05) is 7.11 Å².